The van der Waals surface area contributed by atoms with Crippen molar-refractivity contribution in [1.29, 1.82) is 0 Å². The van der Waals surface area contributed by atoms with Crippen molar-refractivity contribution in [2.24, 2.45) is 4.99 Å². The van der Waals surface area contributed by atoms with Crippen molar-refractivity contribution in [2.45, 2.75) is 6.92 Å². The second kappa shape index (κ2) is 8.15. The Morgan fingerprint density at radius 3 is 1.72 bits per heavy atom. The third-order valence-corrected chi connectivity index (χ3v) is 8.31. The van der Waals surface area contributed by atoms with Gasteiger partial charge >= 0.3 is 0 Å². The maximum atomic E-state index is 4.95. The Bertz CT molecular complexity index is 1990. The van der Waals surface area contributed by atoms with E-state index in [0.29, 0.717) is 0 Å². The van der Waals surface area contributed by atoms with Crippen LogP contribution >= 0.6 is 11.3 Å². The van der Waals surface area contributed by atoms with Gasteiger partial charge in [0.1, 0.15) is 0 Å². The van der Waals surface area contributed by atoms with E-state index in [4.69, 9.17) is 4.99 Å². The molecule has 1 aromatic heterocycles. The summed E-state index contributed by atoms with van der Waals surface area (Å²) in [7, 11) is 0. The van der Waals surface area contributed by atoms with E-state index < -0.39 is 0 Å². The molecule has 0 unspecified atom stereocenters. The number of hydrogen-bond acceptors (Lipinski definition) is 2. The largest absolute Gasteiger partial charge is 0.253 e. The third-order valence-electron chi connectivity index (χ3n) is 7.18. The highest BCUT2D eigenvalue weighted by molar-refractivity contribution is 7.25. The fraction of sp³-hybridized carbons (Fsp3) is 0.0294. The highest BCUT2D eigenvalue weighted by Crippen LogP contribution is 2.37. The van der Waals surface area contributed by atoms with Gasteiger partial charge < -0.3 is 0 Å². The third kappa shape index (κ3) is 3.26. The van der Waals surface area contributed by atoms with E-state index in [9.17, 15) is 0 Å². The number of rotatable bonds is 3. The summed E-state index contributed by atoms with van der Waals surface area (Å²) < 4.78 is 2.61. The molecule has 0 amide bonds. The number of nitrogens with zero attached hydrogens (tertiary/aromatic N) is 1. The number of thiophene rings is 1. The molecule has 0 aliphatic heterocycles. The summed E-state index contributed by atoms with van der Waals surface area (Å²) in [6.07, 6.45) is 0. The molecular formula is C34H23NS. The van der Waals surface area contributed by atoms with Crippen LogP contribution in [0.1, 0.15) is 18.1 Å². The zero-order chi connectivity index (χ0) is 24.2. The number of fused-ring (bicyclic) bond motifs is 9. The van der Waals surface area contributed by atoms with Gasteiger partial charge in [-0.3, -0.25) is 4.99 Å². The van der Waals surface area contributed by atoms with Crippen molar-refractivity contribution in [2.75, 3.05) is 0 Å². The molecule has 0 aliphatic carbocycles. The summed E-state index contributed by atoms with van der Waals surface area (Å²) in [5.41, 5.74) is 3.93. The van der Waals surface area contributed by atoms with Crippen LogP contribution in [0.15, 0.2) is 121 Å². The molecule has 170 valence electrons. The van der Waals surface area contributed by atoms with Gasteiger partial charge in [0.05, 0.1) is 5.70 Å². The summed E-state index contributed by atoms with van der Waals surface area (Å²) in [5.74, 6) is 0. The minimum Gasteiger partial charge on any atom is -0.253 e. The quantitative estimate of drug-likeness (QED) is 0.177. The molecule has 0 saturated heterocycles. The van der Waals surface area contributed by atoms with E-state index in [2.05, 4.69) is 123 Å². The Labute approximate surface area is 213 Å². The number of hydrogen-bond donors (Lipinski definition) is 0. The van der Waals surface area contributed by atoms with Crippen LogP contribution in [-0.4, -0.2) is 5.71 Å². The highest BCUT2D eigenvalue weighted by atomic mass is 32.1. The highest BCUT2D eigenvalue weighted by Gasteiger charge is 2.11. The van der Waals surface area contributed by atoms with Crippen molar-refractivity contribution in [3.8, 4) is 0 Å². The Morgan fingerprint density at radius 1 is 0.528 bits per heavy atom. The lowest BCUT2D eigenvalue weighted by molar-refractivity contribution is 1.50. The van der Waals surface area contributed by atoms with E-state index in [1.807, 2.05) is 11.3 Å². The average molecular weight is 478 g/mol. The molecule has 7 rings (SSSR count). The summed E-state index contributed by atoms with van der Waals surface area (Å²) >= 11 is 1.83. The molecule has 0 N–H and O–H groups in total. The van der Waals surface area contributed by atoms with Crippen LogP contribution in [0.2, 0.25) is 0 Å². The normalized spacial score (nSPS) is 12.3. The van der Waals surface area contributed by atoms with Gasteiger partial charge in [-0.25, -0.2) is 0 Å². The van der Waals surface area contributed by atoms with E-state index in [1.165, 1.54) is 52.5 Å². The summed E-state index contributed by atoms with van der Waals surface area (Å²) in [6, 6.07) is 39.2. The molecule has 0 atom stereocenters. The lowest BCUT2D eigenvalue weighted by Gasteiger charge is -2.12. The lowest BCUT2D eigenvalue weighted by Crippen LogP contribution is -1.95. The smallest absolute Gasteiger partial charge is 0.0633 e. The van der Waals surface area contributed by atoms with Crippen LogP contribution in [0.25, 0.3) is 58.2 Å². The molecule has 6 aromatic carbocycles. The van der Waals surface area contributed by atoms with E-state index in [-0.39, 0.29) is 0 Å². The summed E-state index contributed by atoms with van der Waals surface area (Å²) in [5, 5.41) is 10.2. The predicted molar refractivity (Wildman–Crippen MR) is 160 cm³/mol. The van der Waals surface area contributed by atoms with E-state index in [1.54, 1.807) is 0 Å². The lowest BCUT2D eigenvalue weighted by atomic mass is 9.93. The van der Waals surface area contributed by atoms with Crippen molar-refractivity contribution in [1.82, 2.24) is 0 Å². The van der Waals surface area contributed by atoms with Gasteiger partial charge in [-0.05, 0) is 63.0 Å². The predicted octanol–water partition coefficient (Wildman–Crippen LogP) is 9.99. The van der Waals surface area contributed by atoms with Gasteiger partial charge in [0, 0.05) is 31.4 Å². The monoisotopic (exact) mass is 477 g/mol. The van der Waals surface area contributed by atoms with Crippen LogP contribution in [0.5, 0.6) is 0 Å². The molecule has 1 heterocycles. The Hall–Kier alpha value is -4.27. The first-order valence-corrected chi connectivity index (χ1v) is 13.0. The molecule has 0 spiro atoms. The zero-order valence-electron chi connectivity index (χ0n) is 20.0. The molecule has 0 fully saturated rings. The topological polar surface area (TPSA) is 12.4 Å². The standard InChI is InChI=1S/C34H23NS/c1-21(35-22(2)24-16-18-31-30-13-7-8-14-33(30)36-34(31)20-24)23-15-17-29-27-11-4-3-9-25(27)26-10-5-6-12-28(26)32(29)19-23/h3-20H,1H2,2H3. The first-order valence-electron chi connectivity index (χ1n) is 12.2. The molecule has 0 saturated carbocycles. The maximum Gasteiger partial charge on any atom is 0.0633 e. The van der Waals surface area contributed by atoms with Crippen LogP contribution in [-0.2, 0) is 0 Å². The molecule has 0 aliphatic rings. The first-order chi connectivity index (χ1) is 17.7. The molecule has 1 nitrogen and oxygen atoms in total. The zero-order valence-corrected chi connectivity index (χ0v) is 20.8. The van der Waals surface area contributed by atoms with Crippen LogP contribution in [0, 0.1) is 0 Å². The van der Waals surface area contributed by atoms with Crippen molar-refractivity contribution in [3.63, 3.8) is 0 Å². The second-order valence-corrected chi connectivity index (χ2v) is 10.4. The minimum absolute atomic E-state index is 0.781. The molecule has 7 aromatic rings. The molecule has 2 heteroatoms. The molecule has 0 bridgehead atoms. The first kappa shape index (κ1) is 21.0. The van der Waals surface area contributed by atoms with Gasteiger partial charge in [0.2, 0.25) is 0 Å². The van der Waals surface area contributed by atoms with Crippen LogP contribution < -0.4 is 0 Å². The van der Waals surface area contributed by atoms with Gasteiger partial charge in [-0.2, -0.15) is 0 Å². The molecule has 0 radical (unpaired) electrons. The van der Waals surface area contributed by atoms with Gasteiger partial charge in [-0.15, -0.1) is 11.3 Å². The van der Waals surface area contributed by atoms with Crippen molar-refractivity contribution < 1.29 is 0 Å². The van der Waals surface area contributed by atoms with Crippen molar-refractivity contribution in [3.05, 3.63) is 127 Å². The summed E-state index contributed by atoms with van der Waals surface area (Å²) in [4.78, 5) is 4.95. The fourth-order valence-corrected chi connectivity index (χ4v) is 6.51. The van der Waals surface area contributed by atoms with E-state index >= 15 is 0 Å². The van der Waals surface area contributed by atoms with Gasteiger partial charge in [0.25, 0.3) is 0 Å². The van der Waals surface area contributed by atoms with Gasteiger partial charge in [-0.1, -0.05) is 97.6 Å². The Kier molecular flexibility index (Phi) is 4.77. The van der Waals surface area contributed by atoms with Crippen LogP contribution in [0.4, 0.5) is 0 Å². The fourth-order valence-electron chi connectivity index (χ4n) is 5.37. The SMILES string of the molecule is C=C(N=C(C)c1ccc2c(c1)sc1ccccc12)c1ccc2c3ccccc3c3ccccc3c2c1. The van der Waals surface area contributed by atoms with Gasteiger partial charge in [0.15, 0.2) is 0 Å². The Morgan fingerprint density at radius 2 is 1.03 bits per heavy atom. The Balaban J connectivity index is 1.33. The second-order valence-electron chi connectivity index (χ2n) is 9.30. The van der Waals surface area contributed by atoms with Crippen LogP contribution in [0.3, 0.4) is 0 Å². The summed E-state index contributed by atoms with van der Waals surface area (Å²) in [6.45, 7) is 6.42. The molecular weight excluding hydrogens is 454 g/mol. The maximum absolute atomic E-state index is 4.95. The minimum atomic E-state index is 0.781. The average Bonchev–Trinajstić information content (AvgIpc) is 3.31. The number of benzene rings is 6. The van der Waals surface area contributed by atoms with Crippen molar-refractivity contribution >= 4 is 75.2 Å². The molecule has 36 heavy (non-hydrogen) atoms. The van der Waals surface area contributed by atoms with E-state index in [0.717, 1.165) is 22.5 Å². The number of aliphatic imine (C=N–C) groups is 1.